The van der Waals surface area contributed by atoms with Gasteiger partial charge in [0.05, 0.1) is 12.3 Å². The predicted octanol–water partition coefficient (Wildman–Crippen LogP) is 3.75. The average molecular weight is 390 g/mol. The molecule has 2 aliphatic heterocycles. The molecule has 3 atom stereocenters. The van der Waals surface area contributed by atoms with Crippen molar-refractivity contribution >= 4 is 23.9 Å². The lowest BCUT2D eigenvalue weighted by Crippen LogP contribution is -2.41. The standard InChI is InChI=1S/C22H30O6/c1-12-13(2)17(24)28-18(25)16(20(4,5)6)21(7,8)9-10-22(14(12)3)11-15(23)27-19(22)26/h9-10,14,16H,11H2,1-8H3/b10-9+,13-12-. The molecule has 6 nitrogen and oxygen atoms in total. The highest BCUT2D eigenvalue weighted by Crippen LogP contribution is 2.48. The molecule has 2 heterocycles. The van der Waals surface area contributed by atoms with Crippen molar-refractivity contribution in [3.05, 3.63) is 23.3 Å². The minimum Gasteiger partial charge on any atom is -0.392 e. The van der Waals surface area contributed by atoms with Crippen molar-refractivity contribution in [1.29, 1.82) is 0 Å². The van der Waals surface area contributed by atoms with Crippen LogP contribution in [0.5, 0.6) is 0 Å². The van der Waals surface area contributed by atoms with Crippen molar-refractivity contribution in [2.75, 3.05) is 0 Å². The van der Waals surface area contributed by atoms with E-state index in [-0.39, 0.29) is 12.0 Å². The van der Waals surface area contributed by atoms with Crippen LogP contribution in [0, 0.1) is 28.1 Å². The van der Waals surface area contributed by atoms with E-state index < -0.39 is 52.0 Å². The lowest BCUT2D eigenvalue weighted by Gasteiger charge is -2.39. The maximum atomic E-state index is 12.9. The Morgan fingerprint density at radius 2 is 1.57 bits per heavy atom. The summed E-state index contributed by atoms with van der Waals surface area (Å²) in [6, 6.07) is 0. The first kappa shape index (κ1) is 22.1. The first-order valence-corrected chi connectivity index (χ1v) is 9.52. The molecule has 28 heavy (non-hydrogen) atoms. The van der Waals surface area contributed by atoms with E-state index in [1.54, 1.807) is 32.9 Å². The van der Waals surface area contributed by atoms with Crippen LogP contribution in [0.25, 0.3) is 0 Å². The van der Waals surface area contributed by atoms with Crippen molar-refractivity contribution in [3.8, 4) is 0 Å². The van der Waals surface area contributed by atoms with Crippen LogP contribution in [-0.2, 0) is 28.7 Å². The van der Waals surface area contributed by atoms with Gasteiger partial charge in [-0.05, 0) is 30.6 Å². The summed E-state index contributed by atoms with van der Waals surface area (Å²) < 4.78 is 10.1. The lowest BCUT2D eigenvalue weighted by molar-refractivity contribution is -0.166. The zero-order chi connectivity index (χ0) is 21.7. The largest absolute Gasteiger partial charge is 0.392 e. The number of ether oxygens (including phenoxy) is 2. The van der Waals surface area contributed by atoms with Gasteiger partial charge in [-0.3, -0.25) is 14.4 Å². The minimum atomic E-state index is -1.21. The molecule has 0 radical (unpaired) electrons. The molecule has 0 N–H and O–H groups in total. The fraction of sp³-hybridized carbons (Fsp3) is 0.636. The van der Waals surface area contributed by atoms with Gasteiger partial charge in [0.15, 0.2) is 0 Å². The predicted molar refractivity (Wildman–Crippen MR) is 103 cm³/mol. The van der Waals surface area contributed by atoms with Gasteiger partial charge in [0.25, 0.3) is 0 Å². The molecule has 6 heteroatoms. The average Bonchev–Trinajstić information content (AvgIpc) is 2.82. The van der Waals surface area contributed by atoms with Crippen LogP contribution in [0.4, 0.5) is 0 Å². The van der Waals surface area contributed by atoms with Gasteiger partial charge in [-0.25, -0.2) is 4.79 Å². The van der Waals surface area contributed by atoms with Crippen LogP contribution in [-0.4, -0.2) is 23.9 Å². The van der Waals surface area contributed by atoms with Gasteiger partial charge in [-0.1, -0.05) is 59.3 Å². The van der Waals surface area contributed by atoms with Crippen molar-refractivity contribution in [3.63, 3.8) is 0 Å². The smallest absolute Gasteiger partial charge is 0.341 e. The molecule has 154 valence electrons. The third kappa shape index (κ3) is 3.69. The van der Waals surface area contributed by atoms with E-state index in [1.807, 2.05) is 34.6 Å². The highest BCUT2D eigenvalue weighted by Gasteiger charge is 2.53. The van der Waals surface area contributed by atoms with Crippen LogP contribution in [0.2, 0.25) is 0 Å². The maximum absolute atomic E-state index is 12.9. The molecule has 3 unspecified atom stereocenters. The summed E-state index contributed by atoms with van der Waals surface area (Å²) in [4.78, 5) is 50.2. The van der Waals surface area contributed by atoms with Gasteiger partial charge < -0.3 is 9.47 Å². The zero-order valence-corrected chi connectivity index (χ0v) is 18.0. The number of hydrogen-bond donors (Lipinski definition) is 0. The molecule has 2 rings (SSSR count). The zero-order valence-electron chi connectivity index (χ0n) is 18.0. The van der Waals surface area contributed by atoms with Crippen molar-refractivity contribution < 1.29 is 28.7 Å². The van der Waals surface area contributed by atoms with Gasteiger partial charge in [0.1, 0.15) is 5.41 Å². The third-order valence-corrected chi connectivity index (χ3v) is 6.19. The van der Waals surface area contributed by atoms with Gasteiger partial charge in [-0.15, -0.1) is 0 Å². The summed E-state index contributed by atoms with van der Waals surface area (Å²) in [5.41, 5.74) is -1.61. The molecule has 0 amide bonds. The van der Waals surface area contributed by atoms with E-state index in [4.69, 9.17) is 9.47 Å². The SMILES string of the molecule is C/C1=C(\C)C(C)C2(/C=C/C(C)(C)C(C(C)(C)C)C(=O)OC1=O)CC(=O)OC2=O. The quantitative estimate of drug-likeness (QED) is 0.356. The van der Waals surface area contributed by atoms with Crippen LogP contribution < -0.4 is 0 Å². The Kier molecular flexibility index (Phi) is 5.50. The molecule has 0 saturated carbocycles. The number of carbonyl (C=O) groups excluding carboxylic acids is 4. The summed E-state index contributed by atoms with van der Waals surface area (Å²) in [5, 5.41) is 0. The molecule has 1 spiro atoms. The lowest BCUT2D eigenvalue weighted by atomic mass is 9.64. The first-order valence-electron chi connectivity index (χ1n) is 9.52. The fourth-order valence-electron chi connectivity index (χ4n) is 4.48. The fourth-order valence-corrected chi connectivity index (χ4v) is 4.48. The summed E-state index contributed by atoms with van der Waals surface area (Å²) in [6.45, 7) is 14.5. The van der Waals surface area contributed by atoms with Crippen LogP contribution in [0.3, 0.4) is 0 Å². The Morgan fingerprint density at radius 1 is 1.00 bits per heavy atom. The second-order valence-electron chi connectivity index (χ2n) is 9.67. The molecule has 0 aromatic heterocycles. The van der Waals surface area contributed by atoms with Crippen LogP contribution in [0.1, 0.15) is 61.8 Å². The topological polar surface area (TPSA) is 86.7 Å². The molecular weight excluding hydrogens is 360 g/mol. The summed E-state index contributed by atoms with van der Waals surface area (Å²) >= 11 is 0. The molecule has 2 aliphatic rings. The first-order chi connectivity index (χ1) is 12.6. The Hall–Kier alpha value is -2.24. The molecule has 0 aliphatic carbocycles. The number of carbonyl (C=O) groups is 4. The van der Waals surface area contributed by atoms with E-state index in [0.29, 0.717) is 5.57 Å². The van der Waals surface area contributed by atoms with E-state index in [2.05, 4.69) is 0 Å². The molecular formula is C22H30O6. The number of esters is 4. The van der Waals surface area contributed by atoms with Gasteiger partial charge in [0, 0.05) is 5.57 Å². The number of allylic oxidation sites excluding steroid dienone is 2. The Labute approximate surface area is 166 Å². The minimum absolute atomic E-state index is 0.104. The molecule has 0 aromatic carbocycles. The molecule has 0 aromatic rings. The molecule has 1 saturated heterocycles. The summed E-state index contributed by atoms with van der Waals surface area (Å²) in [7, 11) is 0. The monoisotopic (exact) mass is 390 g/mol. The van der Waals surface area contributed by atoms with E-state index in [9.17, 15) is 19.2 Å². The van der Waals surface area contributed by atoms with E-state index >= 15 is 0 Å². The normalized spacial score (nSPS) is 35.4. The van der Waals surface area contributed by atoms with Gasteiger partial charge in [-0.2, -0.15) is 0 Å². The summed E-state index contributed by atoms with van der Waals surface area (Å²) in [6.07, 6.45) is 3.38. The van der Waals surface area contributed by atoms with Crippen molar-refractivity contribution in [2.45, 2.75) is 61.8 Å². The number of rotatable bonds is 0. The number of cyclic esters (lactones) is 4. The Balaban J connectivity index is 2.76. The maximum Gasteiger partial charge on any atom is 0.341 e. The third-order valence-electron chi connectivity index (χ3n) is 6.19. The number of hydrogen-bond acceptors (Lipinski definition) is 6. The highest BCUT2D eigenvalue weighted by molar-refractivity contribution is 6.00. The van der Waals surface area contributed by atoms with Crippen LogP contribution in [0.15, 0.2) is 23.3 Å². The van der Waals surface area contributed by atoms with Gasteiger partial charge in [0.2, 0.25) is 0 Å². The van der Waals surface area contributed by atoms with Crippen LogP contribution >= 0.6 is 0 Å². The second kappa shape index (κ2) is 6.98. The van der Waals surface area contributed by atoms with E-state index in [0.717, 1.165) is 0 Å². The molecule has 1 fully saturated rings. The summed E-state index contributed by atoms with van der Waals surface area (Å²) in [5.74, 6) is -3.68. The van der Waals surface area contributed by atoms with Gasteiger partial charge >= 0.3 is 23.9 Å². The van der Waals surface area contributed by atoms with Crippen molar-refractivity contribution in [2.24, 2.45) is 28.1 Å². The van der Waals surface area contributed by atoms with Crippen molar-refractivity contribution in [1.82, 2.24) is 0 Å². The Morgan fingerprint density at radius 3 is 2.04 bits per heavy atom. The highest BCUT2D eigenvalue weighted by atomic mass is 16.6. The Bertz CT molecular complexity index is 792. The van der Waals surface area contributed by atoms with E-state index in [1.165, 1.54) is 0 Å². The molecule has 0 bridgehead atoms. The second-order valence-corrected chi connectivity index (χ2v) is 9.67.